The zero-order valence-electron chi connectivity index (χ0n) is 15.6. The van der Waals surface area contributed by atoms with Crippen LogP contribution < -0.4 is 0 Å². The third kappa shape index (κ3) is 2.73. The van der Waals surface area contributed by atoms with Gasteiger partial charge in [-0.1, -0.05) is 12.1 Å². The van der Waals surface area contributed by atoms with Crippen molar-refractivity contribution >= 4 is 17.7 Å². The summed E-state index contributed by atoms with van der Waals surface area (Å²) in [6, 6.07) is 9.04. The van der Waals surface area contributed by atoms with Crippen LogP contribution in [-0.2, 0) is 9.59 Å². The van der Waals surface area contributed by atoms with Crippen molar-refractivity contribution in [3.8, 4) is 0 Å². The number of carbonyl (C=O) groups is 3. The molecule has 146 valence electrons. The van der Waals surface area contributed by atoms with E-state index >= 15 is 0 Å². The van der Waals surface area contributed by atoms with Crippen molar-refractivity contribution in [1.82, 2.24) is 9.80 Å². The van der Waals surface area contributed by atoms with Crippen LogP contribution in [-0.4, -0.2) is 47.2 Å². The molecule has 0 aliphatic carbocycles. The average molecular weight is 384 g/mol. The Balaban J connectivity index is 1.64. The van der Waals surface area contributed by atoms with E-state index in [4.69, 9.17) is 4.42 Å². The standard InChI is InChI=1S/C21H21FN2O4/c1-2-24-19(26)17(14-5-7-15(22)8-6-14)21(20(24)27)9-11-23(12-10-21)18(25)16-4-3-13-28-16/h3-8,13,17H,2,9-12H2,1H3/t17-/m0/s1. The molecule has 2 aromatic rings. The molecule has 0 radical (unpaired) electrons. The topological polar surface area (TPSA) is 70.8 Å². The van der Waals surface area contributed by atoms with Gasteiger partial charge in [0, 0.05) is 19.6 Å². The molecular weight excluding hydrogens is 363 g/mol. The van der Waals surface area contributed by atoms with Gasteiger partial charge in [-0.3, -0.25) is 19.3 Å². The monoisotopic (exact) mass is 384 g/mol. The number of hydrogen-bond donors (Lipinski definition) is 0. The largest absolute Gasteiger partial charge is 0.459 e. The van der Waals surface area contributed by atoms with Gasteiger partial charge in [-0.05, 0) is 49.6 Å². The summed E-state index contributed by atoms with van der Waals surface area (Å²) in [7, 11) is 0. The molecule has 7 heteroatoms. The Hall–Kier alpha value is -2.96. The summed E-state index contributed by atoms with van der Waals surface area (Å²) >= 11 is 0. The molecule has 28 heavy (non-hydrogen) atoms. The van der Waals surface area contributed by atoms with Gasteiger partial charge in [0.25, 0.3) is 5.91 Å². The van der Waals surface area contributed by atoms with E-state index in [1.807, 2.05) is 0 Å². The minimum atomic E-state index is -0.898. The Morgan fingerprint density at radius 2 is 1.86 bits per heavy atom. The third-order valence-corrected chi connectivity index (χ3v) is 5.93. The van der Waals surface area contributed by atoms with Gasteiger partial charge in [-0.15, -0.1) is 0 Å². The maximum Gasteiger partial charge on any atom is 0.289 e. The first kappa shape index (κ1) is 18.4. The van der Waals surface area contributed by atoms with Crippen LogP contribution in [0.25, 0.3) is 0 Å². The maximum atomic E-state index is 13.4. The number of furan rings is 1. The second-order valence-electron chi connectivity index (χ2n) is 7.30. The highest BCUT2D eigenvalue weighted by atomic mass is 19.1. The Kier molecular flexibility index (Phi) is 4.53. The van der Waals surface area contributed by atoms with Crippen molar-refractivity contribution in [2.24, 2.45) is 5.41 Å². The Morgan fingerprint density at radius 1 is 1.18 bits per heavy atom. The molecule has 4 rings (SSSR count). The number of imide groups is 1. The molecule has 2 aliphatic rings. The van der Waals surface area contributed by atoms with Gasteiger partial charge >= 0.3 is 0 Å². The van der Waals surface area contributed by atoms with Crippen LogP contribution in [0.3, 0.4) is 0 Å². The lowest BCUT2D eigenvalue weighted by molar-refractivity contribution is -0.142. The summed E-state index contributed by atoms with van der Waals surface area (Å²) in [5.74, 6) is -1.44. The summed E-state index contributed by atoms with van der Waals surface area (Å²) in [5.41, 5.74) is -0.258. The van der Waals surface area contributed by atoms with Gasteiger partial charge in [-0.2, -0.15) is 0 Å². The molecule has 1 atom stereocenters. The number of likely N-dealkylation sites (N-methyl/N-ethyl adjacent to an activating group) is 1. The lowest BCUT2D eigenvalue weighted by Crippen LogP contribution is -2.48. The van der Waals surface area contributed by atoms with Crippen molar-refractivity contribution in [1.29, 1.82) is 0 Å². The first-order valence-electron chi connectivity index (χ1n) is 9.42. The van der Waals surface area contributed by atoms with Crippen molar-refractivity contribution in [2.45, 2.75) is 25.7 Å². The third-order valence-electron chi connectivity index (χ3n) is 5.93. The van der Waals surface area contributed by atoms with Crippen LogP contribution in [0, 0.1) is 11.2 Å². The van der Waals surface area contributed by atoms with E-state index in [9.17, 15) is 18.8 Å². The number of benzene rings is 1. The number of amides is 3. The number of nitrogens with zero attached hydrogens (tertiary/aromatic N) is 2. The van der Waals surface area contributed by atoms with Crippen LogP contribution in [0.2, 0.25) is 0 Å². The van der Waals surface area contributed by atoms with Gasteiger partial charge in [0.2, 0.25) is 11.8 Å². The molecule has 2 aliphatic heterocycles. The fraction of sp³-hybridized carbons (Fsp3) is 0.381. The summed E-state index contributed by atoms with van der Waals surface area (Å²) in [5, 5.41) is 0. The van der Waals surface area contributed by atoms with Crippen LogP contribution in [0.15, 0.2) is 47.1 Å². The Labute approximate surface area is 161 Å². The molecule has 2 saturated heterocycles. The van der Waals surface area contributed by atoms with E-state index in [1.165, 1.54) is 23.3 Å². The van der Waals surface area contributed by atoms with E-state index in [-0.39, 0.29) is 29.3 Å². The molecule has 2 fully saturated rings. The molecular formula is C21H21FN2O4. The number of rotatable bonds is 3. The first-order valence-corrected chi connectivity index (χ1v) is 9.42. The quantitative estimate of drug-likeness (QED) is 0.763. The molecule has 1 spiro atoms. The molecule has 3 amide bonds. The molecule has 0 N–H and O–H groups in total. The zero-order chi connectivity index (χ0) is 19.9. The molecule has 0 saturated carbocycles. The molecule has 1 aromatic heterocycles. The zero-order valence-corrected chi connectivity index (χ0v) is 15.6. The van der Waals surface area contributed by atoms with Gasteiger partial charge in [-0.25, -0.2) is 4.39 Å². The Bertz CT molecular complexity index is 899. The fourth-order valence-electron chi connectivity index (χ4n) is 4.47. The van der Waals surface area contributed by atoms with Crippen molar-refractivity contribution in [2.75, 3.05) is 19.6 Å². The molecule has 0 bridgehead atoms. The first-order chi connectivity index (χ1) is 13.5. The molecule has 1 aromatic carbocycles. The number of likely N-dealkylation sites (tertiary alicyclic amines) is 2. The average Bonchev–Trinajstić information content (AvgIpc) is 3.30. The fourth-order valence-corrected chi connectivity index (χ4v) is 4.47. The van der Waals surface area contributed by atoms with Crippen LogP contribution >= 0.6 is 0 Å². The molecule has 6 nitrogen and oxygen atoms in total. The second kappa shape index (κ2) is 6.89. The highest BCUT2D eigenvalue weighted by Crippen LogP contribution is 2.51. The van der Waals surface area contributed by atoms with E-state index < -0.39 is 11.3 Å². The SMILES string of the molecule is CCN1C(=O)[C@H](c2ccc(F)cc2)C2(CCN(C(=O)c3ccco3)CC2)C1=O. The van der Waals surface area contributed by atoms with Gasteiger partial charge in [0.15, 0.2) is 5.76 Å². The summed E-state index contributed by atoms with van der Waals surface area (Å²) < 4.78 is 18.6. The predicted octanol–water partition coefficient (Wildman–Crippen LogP) is 2.81. The Morgan fingerprint density at radius 3 is 2.43 bits per heavy atom. The lowest BCUT2D eigenvalue weighted by atomic mass is 9.67. The van der Waals surface area contributed by atoms with E-state index in [2.05, 4.69) is 0 Å². The summed E-state index contributed by atoms with van der Waals surface area (Å²) in [6.07, 6.45) is 2.20. The second-order valence-corrected chi connectivity index (χ2v) is 7.30. The number of hydrogen-bond acceptors (Lipinski definition) is 4. The van der Waals surface area contributed by atoms with Crippen molar-refractivity contribution in [3.05, 3.63) is 59.8 Å². The van der Waals surface area contributed by atoms with Gasteiger partial charge < -0.3 is 9.32 Å². The molecule has 3 heterocycles. The predicted molar refractivity (Wildman–Crippen MR) is 97.8 cm³/mol. The van der Waals surface area contributed by atoms with E-state index in [0.29, 0.717) is 38.0 Å². The van der Waals surface area contributed by atoms with Crippen molar-refractivity contribution < 1.29 is 23.2 Å². The summed E-state index contributed by atoms with van der Waals surface area (Å²) in [6.45, 7) is 2.78. The van der Waals surface area contributed by atoms with Gasteiger partial charge in [0.05, 0.1) is 17.6 Å². The minimum absolute atomic E-state index is 0.195. The van der Waals surface area contributed by atoms with E-state index in [0.717, 1.165) is 0 Å². The van der Waals surface area contributed by atoms with E-state index in [1.54, 1.807) is 36.1 Å². The van der Waals surface area contributed by atoms with Crippen LogP contribution in [0.1, 0.15) is 41.8 Å². The van der Waals surface area contributed by atoms with Gasteiger partial charge in [0.1, 0.15) is 5.82 Å². The van der Waals surface area contributed by atoms with Crippen molar-refractivity contribution in [3.63, 3.8) is 0 Å². The highest BCUT2D eigenvalue weighted by molar-refractivity contribution is 6.10. The minimum Gasteiger partial charge on any atom is -0.459 e. The maximum absolute atomic E-state index is 13.4. The van der Waals surface area contributed by atoms with Crippen LogP contribution in [0.5, 0.6) is 0 Å². The lowest BCUT2D eigenvalue weighted by Gasteiger charge is -2.40. The number of halogens is 1. The van der Waals surface area contributed by atoms with Crippen LogP contribution in [0.4, 0.5) is 4.39 Å². The number of piperidine rings is 1. The smallest absolute Gasteiger partial charge is 0.289 e. The number of carbonyl (C=O) groups excluding carboxylic acids is 3. The normalized spacial score (nSPS) is 21.6. The highest BCUT2D eigenvalue weighted by Gasteiger charge is 2.60. The summed E-state index contributed by atoms with van der Waals surface area (Å²) in [4.78, 5) is 41.7. The molecule has 0 unspecified atom stereocenters.